The highest BCUT2D eigenvalue weighted by molar-refractivity contribution is 7.99. The molecule has 124 valence electrons. The van der Waals surface area contributed by atoms with E-state index in [2.05, 4.69) is 9.98 Å². The second-order valence-electron chi connectivity index (χ2n) is 4.55. The van der Waals surface area contributed by atoms with E-state index >= 15 is 0 Å². The Balaban J connectivity index is 2.35. The summed E-state index contributed by atoms with van der Waals surface area (Å²) in [7, 11) is 0. The van der Waals surface area contributed by atoms with Crippen LogP contribution in [0.25, 0.3) is 0 Å². The van der Waals surface area contributed by atoms with Crippen LogP contribution in [0.3, 0.4) is 0 Å². The Morgan fingerprint density at radius 3 is 2.33 bits per heavy atom. The number of nitrogens with two attached hydrogens (primary N) is 3. The number of aliphatic imine (C=N–C) groups is 2. The number of nitrogens with zero attached hydrogens (tertiary/aromatic N) is 2. The van der Waals surface area contributed by atoms with Crippen molar-refractivity contribution in [2.45, 2.75) is 9.79 Å². The number of carboxylic acid groups (broad SMARTS) is 1. The molecule has 0 aliphatic carbocycles. The zero-order chi connectivity index (χ0) is 17.7. The molecule has 2 aromatic rings. The fraction of sp³-hybridized carbons (Fsp3) is 0. The van der Waals surface area contributed by atoms with Gasteiger partial charge < -0.3 is 22.3 Å². The van der Waals surface area contributed by atoms with Crippen LogP contribution in [0.4, 0.5) is 5.69 Å². The summed E-state index contributed by atoms with van der Waals surface area (Å²) in [4.78, 5) is 20.5. The predicted molar refractivity (Wildman–Crippen MR) is 96.1 cm³/mol. The van der Waals surface area contributed by atoms with Crippen LogP contribution in [0.1, 0.15) is 10.4 Å². The molecular formula is C15H14ClN5O2S. The van der Waals surface area contributed by atoms with Crippen LogP contribution in [-0.2, 0) is 0 Å². The number of hydrogen-bond acceptors (Lipinski definition) is 3. The molecular weight excluding hydrogens is 350 g/mol. The average Bonchev–Trinajstić information content (AvgIpc) is 2.50. The summed E-state index contributed by atoms with van der Waals surface area (Å²) in [5.41, 5.74) is 16.4. The zero-order valence-electron chi connectivity index (χ0n) is 12.3. The van der Waals surface area contributed by atoms with Gasteiger partial charge in [0.15, 0.2) is 5.96 Å². The van der Waals surface area contributed by atoms with E-state index in [0.29, 0.717) is 15.6 Å². The minimum atomic E-state index is -1.08. The van der Waals surface area contributed by atoms with Gasteiger partial charge in [-0.3, -0.25) is 0 Å². The number of hydrogen-bond donors (Lipinski definition) is 4. The Morgan fingerprint density at radius 1 is 1.08 bits per heavy atom. The molecule has 7 nitrogen and oxygen atoms in total. The minimum Gasteiger partial charge on any atom is -0.478 e. The maximum atomic E-state index is 11.5. The summed E-state index contributed by atoms with van der Waals surface area (Å²) >= 11 is 7.15. The Bertz CT molecular complexity index is 817. The van der Waals surface area contributed by atoms with Crippen molar-refractivity contribution in [2.24, 2.45) is 27.2 Å². The summed E-state index contributed by atoms with van der Waals surface area (Å²) in [6, 6.07) is 11.8. The quantitative estimate of drug-likeness (QED) is 0.485. The summed E-state index contributed by atoms with van der Waals surface area (Å²) in [5.74, 6) is -1.47. The third-order valence-electron chi connectivity index (χ3n) is 2.72. The van der Waals surface area contributed by atoms with Crippen molar-refractivity contribution in [2.75, 3.05) is 0 Å². The molecule has 0 aliphatic heterocycles. The van der Waals surface area contributed by atoms with E-state index in [9.17, 15) is 9.90 Å². The fourth-order valence-corrected chi connectivity index (χ4v) is 2.81. The molecule has 9 heteroatoms. The van der Waals surface area contributed by atoms with Crippen LogP contribution in [0.5, 0.6) is 0 Å². The normalized spacial score (nSPS) is 11.1. The number of carbonyl (C=O) groups is 1. The Labute approximate surface area is 147 Å². The molecule has 0 saturated heterocycles. The number of guanidine groups is 2. The van der Waals surface area contributed by atoms with Crippen LogP contribution >= 0.6 is 23.4 Å². The SMILES string of the molecule is NC(N)=NC(N)=Nc1ccc(Sc2ccc(Cl)cc2)c(C(=O)O)c1. The van der Waals surface area contributed by atoms with Gasteiger partial charge >= 0.3 is 5.97 Å². The van der Waals surface area contributed by atoms with E-state index in [1.54, 1.807) is 36.4 Å². The van der Waals surface area contributed by atoms with Gasteiger partial charge in [0.1, 0.15) is 0 Å². The Kier molecular flexibility index (Phi) is 5.67. The molecule has 0 radical (unpaired) electrons. The molecule has 0 saturated carbocycles. The molecule has 0 aromatic heterocycles. The highest BCUT2D eigenvalue weighted by Crippen LogP contribution is 2.33. The third-order valence-corrected chi connectivity index (χ3v) is 4.06. The lowest BCUT2D eigenvalue weighted by molar-refractivity contribution is 0.0693. The van der Waals surface area contributed by atoms with Gasteiger partial charge in [-0.2, -0.15) is 4.99 Å². The predicted octanol–water partition coefficient (Wildman–Crippen LogP) is 2.41. The van der Waals surface area contributed by atoms with Crippen LogP contribution in [0.15, 0.2) is 62.2 Å². The molecule has 7 N–H and O–H groups in total. The first-order chi connectivity index (χ1) is 11.3. The van der Waals surface area contributed by atoms with Gasteiger partial charge in [-0.05, 0) is 42.5 Å². The number of aromatic carboxylic acids is 1. The summed E-state index contributed by atoms with van der Waals surface area (Å²) < 4.78 is 0. The van der Waals surface area contributed by atoms with Crippen molar-refractivity contribution in [1.82, 2.24) is 0 Å². The Hall–Kier alpha value is -2.71. The maximum absolute atomic E-state index is 11.5. The average molecular weight is 364 g/mol. The van der Waals surface area contributed by atoms with Gasteiger partial charge in [0.2, 0.25) is 5.96 Å². The van der Waals surface area contributed by atoms with Crippen molar-refractivity contribution in [3.8, 4) is 0 Å². The van der Waals surface area contributed by atoms with Crippen molar-refractivity contribution in [1.29, 1.82) is 0 Å². The summed E-state index contributed by atoms with van der Waals surface area (Å²) in [6.45, 7) is 0. The van der Waals surface area contributed by atoms with Crippen LogP contribution in [0, 0.1) is 0 Å². The molecule has 0 atom stereocenters. The van der Waals surface area contributed by atoms with E-state index in [4.69, 9.17) is 28.8 Å². The molecule has 0 unspecified atom stereocenters. The lowest BCUT2D eigenvalue weighted by Crippen LogP contribution is -2.26. The molecule has 0 bridgehead atoms. The first-order valence-corrected chi connectivity index (χ1v) is 7.79. The van der Waals surface area contributed by atoms with E-state index in [1.807, 2.05) is 0 Å². The monoisotopic (exact) mass is 363 g/mol. The van der Waals surface area contributed by atoms with E-state index in [1.165, 1.54) is 17.8 Å². The number of rotatable bonds is 4. The first kappa shape index (κ1) is 17.6. The first-order valence-electron chi connectivity index (χ1n) is 6.59. The summed E-state index contributed by atoms with van der Waals surface area (Å²) in [5, 5.41) is 10.0. The van der Waals surface area contributed by atoms with Crippen molar-refractivity contribution < 1.29 is 9.90 Å². The highest BCUT2D eigenvalue weighted by Gasteiger charge is 2.12. The lowest BCUT2D eigenvalue weighted by Gasteiger charge is -2.07. The van der Waals surface area contributed by atoms with Crippen LogP contribution < -0.4 is 17.2 Å². The Morgan fingerprint density at radius 2 is 1.75 bits per heavy atom. The molecule has 0 amide bonds. The third kappa shape index (κ3) is 4.90. The second kappa shape index (κ2) is 7.71. The lowest BCUT2D eigenvalue weighted by atomic mass is 10.2. The van der Waals surface area contributed by atoms with Crippen molar-refractivity contribution in [3.63, 3.8) is 0 Å². The smallest absolute Gasteiger partial charge is 0.336 e. The van der Waals surface area contributed by atoms with Crippen LogP contribution in [-0.4, -0.2) is 23.0 Å². The van der Waals surface area contributed by atoms with E-state index in [0.717, 1.165) is 4.90 Å². The number of benzene rings is 2. The standard InChI is InChI=1S/C15H14ClN5O2S/c16-8-1-4-10(5-2-8)24-12-6-3-9(7-11(12)13(22)23)20-15(19)21-14(17)18/h1-7H,(H,22,23)(H6,17,18,19,20,21). The van der Waals surface area contributed by atoms with Gasteiger partial charge in [0.25, 0.3) is 0 Å². The fourth-order valence-electron chi connectivity index (χ4n) is 1.76. The zero-order valence-corrected chi connectivity index (χ0v) is 13.9. The topological polar surface area (TPSA) is 140 Å². The molecule has 24 heavy (non-hydrogen) atoms. The van der Waals surface area contributed by atoms with Gasteiger partial charge in [-0.15, -0.1) is 0 Å². The van der Waals surface area contributed by atoms with Gasteiger partial charge in [-0.25, -0.2) is 9.79 Å². The molecule has 2 aromatic carbocycles. The highest BCUT2D eigenvalue weighted by atomic mass is 35.5. The maximum Gasteiger partial charge on any atom is 0.336 e. The van der Waals surface area contributed by atoms with E-state index in [-0.39, 0.29) is 17.5 Å². The van der Waals surface area contributed by atoms with Crippen LogP contribution in [0.2, 0.25) is 5.02 Å². The molecule has 0 heterocycles. The molecule has 0 fully saturated rings. The summed E-state index contributed by atoms with van der Waals surface area (Å²) in [6.07, 6.45) is 0. The van der Waals surface area contributed by atoms with Gasteiger partial charge in [0, 0.05) is 14.8 Å². The van der Waals surface area contributed by atoms with Crippen molar-refractivity contribution in [3.05, 3.63) is 53.1 Å². The van der Waals surface area contributed by atoms with Gasteiger partial charge in [0.05, 0.1) is 11.3 Å². The second-order valence-corrected chi connectivity index (χ2v) is 6.10. The number of halogens is 1. The molecule has 0 spiro atoms. The number of carboxylic acids is 1. The van der Waals surface area contributed by atoms with Gasteiger partial charge in [-0.1, -0.05) is 23.4 Å². The minimum absolute atomic E-state index is 0.0914. The largest absolute Gasteiger partial charge is 0.478 e. The van der Waals surface area contributed by atoms with E-state index < -0.39 is 5.97 Å². The molecule has 0 aliphatic rings. The van der Waals surface area contributed by atoms with Crippen molar-refractivity contribution >= 4 is 46.9 Å². The molecule has 2 rings (SSSR count).